The van der Waals surface area contributed by atoms with E-state index in [1.54, 1.807) is 30.3 Å². The third kappa shape index (κ3) is 3.67. The Kier molecular flexibility index (Phi) is 4.49. The number of anilines is 1. The zero-order chi connectivity index (χ0) is 17.9. The number of ketones is 1. The van der Waals surface area contributed by atoms with Gasteiger partial charge in [0.2, 0.25) is 0 Å². The molecule has 126 valence electrons. The smallest absolute Gasteiger partial charge is 0.261 e. The molecule has 0 fully saturated rings. The van der Waals surface area contributed by atoms with Gasteiger partial charge in [-0.3, -0.25) is 9.52 Å². The van der Waals surface area contributed by atoms with Crippen LogP contribution in [0.25, 0.3) is 0 Å². The molecule has 0 radical (unpaired) electrons. The number of carbonyl (C=O) groups is 1. The lowest BCUT2D eigenvalue weighted by atomic mass is 10.0. The second-order valence-corrected chi connectivity index (χ2v) is 6.92. The van der Waals surface area contributed by atoms with Crippen LogP contribution in [0.15, 0.2) is 84.0 Å². The van der Waals surface area contributed by atoms with Crippen LogP contribution in [-0.4, -0.2) is 14.2 Å². The number of carbonyl (C=O) groups excluding carboxylic acids is 1. The Hall–Kier alpha value is -3.19. The molecule has 0 atom stereocenters. The minimum Gasteiger partial charge on any atom is -0.619 e. The van der Waals surface area contributed by atoms with Crippen molar-refractivity contribution in [2.24, 2.45) is 0 Å². The van der Waals surface area contributed by atoms with Gasteiger partial charge in [-0.05, 0) is 24.3 Å². The SMILES string of the molecule is O=C(c1cc[n+]([O-])cc1)c1ccccc1NS(=O)(=O)c1ccccc1. The number of benzene rings is 2. The van der Waals surface area contributed by atoms with Crippen molar-refractivity contribution < 1.29 is 17.9 Å². The van der Waals surface area contributed by atoms with Gasteiger partial charge in [0.15, 0.2) is 18.2 Å². The van der Waals surface area contributed by atoms with Crippen molar-refractivity contribution in [2.75, 3.05) is 4.72 Å². The second kappa shape index (κ2) is 6.74. The summed E-state index contributed by atoms with van der Waals surface area (Å²) in [5.74, 6) is -0.382. The van der Waals surface area contributed by atoms with Gasteiger partial charge in [-0.1, -0.05) is 30.3 Å². The van der Waals surface area contributed by atoms with Gasteiger partial charge in [0, 0.05) is 23.3 Å². The van der Waals surface area contributed by atoms with Crippen molar-refractivity contribution in [1.82, 2.24) is 0 Å². The van der Waals surface area contributed by atoms with E-state index < -0.39 is 10.0 Å². The molecule has 0 bridgehead atoms. The number of aromatic nitrogens is 1. The molecule has 0 spiro atoms. The third-order valence-corrected chi connectivity index (χ3v) is 4.92. The van der Waals surface area contributed by atoms with Gasteiger partial charge in [-0.25, -0.2) is 8.42 Å². The summed E-state index contributed by atoms with van der Waals surface area (Å²) in [4.78, 5) is 12.8. The van der Waals surface area contributed by atoms with Gasteiger partial charge in [-0.2, -0.15) is 4.73 Å². The van der Waals surface area contributed by atoms with Crippen LogP contribution in [-0.2, 0) is 10.0 Å². The summed E-state index contributed by atoms with van der Waals surface area (Å²) in [6.45, 7) is 0. The van der Waals surface area contributed by atoms with Crippen molar-refractivity contribution >= 4 is 21.5 Å². The van der Waals surface area contributed by atoms with Crippen molar-refractivity contribution in [3.63, 3.8) is 0 Å². The molecule has 25 heavy (non-hydrogen) atoms. The number of sulfonamides is 1. The van der Waals surface area contributed by atoms with Crippen LogP contribution in [0.2, 0.25) is 0 Å². The topological polar surface area (TPSA) is 90.2 Å². The predicted molar refractivity (Wildman–Crippen MR) is 92.5 cm³/mol. The molecular formula is C18H14N2O4S. The Labute approximate surface area is 145 Å². The first-order valence-electron chi connectivity index (χ1n) is 7.38. The van der Waals surface area contributed by atoms with Gasteiger partial charge in [0.1, 0.15) is 0 Å². The Morgan fingerprint density at radius 2 is 1.48 bits per heavy atom. The summed E-state index contributed by atoms with van der Waals surface area (Å²) < 4.78 is 28.0. The van der Waals surface area contributed by atoms with Gasteiger partial charge in [0.05, 0.1) is 10.6 Å². The standard InChI is InChI=1S/C18H14N2O4S/c21-18(14-10-12-20(22)13-11-14)16-8-4-5-9-17(16)19-25(23,24)15-6-2-1-3-7-15/h1-13,19H. The molecule has 0 saturated heterocycles. The fourth-order valence-corrected chi connectivity index (χ4v) is 3.39. The maximum atomic E-state index is 12.7. The van der Waals surface area contributed by atoms with Crippen LogP contribution < -0.4 is 9.45 Å². The van der Waals surface area contributed by atoms with Crippen molar-refractivity contribution in [1.29, 1.82) is 0 Å². The summed E-state index contributed by atoms with van der Waals surface area (Å²) in [5, 5.41) is 11.1. The molecule has 1 N–H and O–H groups in total. The van der Waals surface area contributed by atoms with Crippen molar-refractivity contribution in [2.45, 2.75) is 4.90 Å². The summed E-state index contributed by atoms with van der Waals surface area (Å²) in [6, 6.07) is 17.0. The molecule has 0 aliphatic heterocycles. The number of nitrogens with zero attached hydrogens (tertiary/aromatic N) is 1. The highest BCUT2D eigenvalue weighted by Gasteiger charge is 2.19. The Morgan fingerprint density at radius 3 is 2.16 bits per heavy atom. The van der Waals surface area contributed by atoms with E-state index in [0.717, 1.165) is 0 Å². The minimum absolute atomic E-state index is 0.101. The molecule has 0 aliphatic rings. The van der Waals surface area contributed by atoms with E-state index >= 15 is 0 Å². The minimum atomic E-state index is -3.81. The highest BCUT2D eigenvalue weighted by Crippen LogP contribution is 2.22. The Balaban J connectivity index is 1.97. The first kappa shape index (κ1) is 16.7. The second-order valence-electron chi connectivity index (χ2n) is 5.24. The monoisotopic (exact) mass is 354 g/mol. The fraction of sp³-hybridized carbons (Fsp3) is 0. The molecule has 2 aromatic carbocycles. The maximum absolute atomic E-state index is 12.7. The number of para-hydroxylation sites is 1. The van der Waals surface area contributed by atoms with Gasteiger partial charge in [-0.15, -0.1) is 0 Å². The summed E-state index contributed by atoms with van der Waals surface area (Å²) in [5.41, 5.74) is 0.666. The quantitative estimate of drug-likeness (QED) is 0.433. The van der Waals surface area contributed by atoms with E-state index in [-0.39, 0.29) is 21.9 Å². The largest absolute Gasteiger partial charge is 0.619 e. The molecule has 1 aromatic heterocycles. The van der Waals surface area contributed by atoms with Gasteiger partial charge in [0.25, 0.3) is 10.0 Å². The highest BCUT2D eigenvalue weighted by atomic mass is 32.2. The molecule has 0 aliphatic carbocycles. The van der Waals surface area contributed by atoms with Gasteiger partial charge < -0.3 is 5.21 Å². The molecule has 6 nitrogen and oxygen atoms in total. The van der Waals surface area contributed by atoms with Crippen LogP contribution in [0, 0.1) is 5.21 Å². The summed E-state index contributed by atoms with van der Waals surface area (Å²) in [7, 11) is -3.81. The average molecular weight is 354 g/mol. The van der Waals surface area contributed by atoms with Crippen LogP contribution in [0.4, 0.5) is 5.69 Å². The van der Waals surface area contributed by atoms with Crippen LogP contribution >= 0.6 is 0 Å². The number of hydrogen-bond acceptors (Lipinski definition) is 4. The number of hydrogen-bond donors (Lipinski definition) is 1. The molecule has 3 rings (SSSR count). The molecule has 7 heteroatoms. The lowest BCUT2D eigenvalue weighted by molar-refractivity contribution is -0.605. The highest BCUT2D eigenvalue weighted by molar-refractivity contribution is 7.92. The van der Waals surface area contributed by atoms with Gasteiger partial charge >= 0.3 is 0 Å². The fourth-order valence-electron chi connectivity index (χ4n) is 2.29. The molecule has 3 aromatic rings. The van der Waals surface area contributed by atoms with E-state index in [4.69, 9.17) is 0 Å². The normalized spacial score (nSPS) is 11.0. The van der Waals surface area contributed by atoms with Crippen molar-refractivity contribution in [3.05, 3.63) is 95.5 Å². The predicted octanol–water partition coefficient (Wildman–Crippen LogP) is 2.35. The van der Waals surface area contributed by atoms with E-state index in [9.17, 15) is 18.4 Å². The first-order chi connectivity index (χ1) is 12.0. The van der Waals surface area contributed by atoms with E-state index in [1.165, 1.54) is 48.8 Å². The first-order valence-corrected chi connectivity index (χ1v) is 8.86. The summed E-state index contributed by atoms with van der Waals surface area (Å²) >= 11 is 0. The zero-order valence-corrected chi connectivity index (χ0v) is 13.8. The summed E-state index contributed by atoms with van der Waals surface area (Å²) in [6.07, 6.45) is 2.42. The average Bonchev–Trinajstić information content (AvgIpc) is 2.63. The Morgan fingerprint density at radius 1 is 0.880 bits per heavy atom. The number of pyridine rings is 1. The zero-order valence-electron chi connectivity index (χ0n) is 13.0. The maximum Gasteiger partial charge on any atom is 0.261 e. The van der Waals surface area contributed by atoms with Crippen LogP contribution in [0.1, 0.15) is 15.9 Å². The Bertz CT molecular complexity index is 1000. The number of rotatable bonds is 5. The molecule has 1 heterocycles. The van der Waals surface area contributed by atoms with Crippen molar-refractivity contribution in [3.8, 4) is 0 Å². The lowest BCUT2D eigenvalue weighted by Crippen LogP contribution is -2.24. The van der Waals surface area contributed by atoms with E-state index in [0.29, 0.717) is 10.3 Å². The molecule has 0 saturated carbocycles. The van der Waals surface area contributed by atoms with E-state index in [2.05, 4.69) is 4.72 Å². The lowest BCUT2D eigenvalue weighted by Gasteiger charge is -2.12. The number of nitrogens with one attached hydrogen (secondary N) is 1. The van der Waals surface area contributed by atoms with Crippen LogP contribution in [0.5, 0.6) is 0 Å². The third-order valence-electron chi connectivity index (χ3n) is 3.53. The molecule has 0 amide bonds. The van der Waals surface area contributed by atoms with E-state index in [1.807, 2.05) is 0 Å². The molecule has 0 unspecified atom stereocenters. The molecular weight excluding hydrogens is 340 g/mol. The van der Waals surface area contributed by atoms with Crippen LogP contribution in [0.3, 0.4) is 0 Å².